The molecule has 0 aliphatic heterocycles. The van der Waals surface area contributed by atoms with Gasteiger partial charge >= 0.3 is 0 Å². The van der Waals surface area contributed by atoms with Gasteiger partial charge in [-0.25, -0.2) is 12.8 Å². The van der Waals surface area contributed by atoms with E-state index in [1.807, 2.05) is 0 Å². The first-order valence-electron chi connectivity index (χ1n) is 5.78. The summed E-state index contributed by atoms with van der Waals surface area (Å²) in [4.78, 5) is -0.530. The standard InChI is InChI=1S/C13H11FN2O4S/c1-9-7-13(15-20-9)16-21(18,19)12-5-4-10(3-2-6-17)8-11(12)14/h4-5,7-8,17H,6H2,1H3,(H,15,16). The molecule has 1 aromatic carbocycles. The average molecular weight is 310 g/mol. The van der Waals surface area contributed by atoms with Crippen LogP contribution in [0.25, 0.3) is 0 Å². The number of aliphatic hydroxyl groups excluding tert-OH is 1. The molecule has 0 aliphatic carbocycles. The van der Waals surface area contributed by atoms with Gasteiger partial charge in [0, 0.05) is 11.6 Å². The first-order valence-corrected chi connectivity index (χ1v) is 7.26. The molecule has 2 rings (SSSR count). The van der Waals surface area contributed by atoms with Crippen molar-refractivity contribution in [2.24, 2.45) is 0 Å². The molecular weight excluding hydrogens is 299 g/mol. The summed E-state index contributed by atoms with van der Waals surface area (Å²) in [5.41, 5.74) is 0.262. The second-order valence-electron chi connectivity index (χ2n) is 4.03. The molecule has 0 bridgehead atoms. The highest BCUT2D eigenvalue weighted by Gasteiger charge is 2.20. The molecule has 0 atom stereocenters. The third kappa shape index (κ3) is 3.59. The fourth-order valence-electron chi connectivity index (χ4n) is 1.55. The molecule has 0 saturated carbocycles. The first-order chi connectivity index (χ1) is 9.92. The lowest BCUT2D eigenvalue weighted by molar-refractivity contribution is 0.350. The van der Waals surface area contributed by atoms with Gasteiger partial charge in [-0.05, 0) is 25.1 Å². The fraction of sp³-hybridized carbons (Fsp3) is 0.154. The predicted octanol–water partition coefficient (Wildman–Crippen LogP) is 1.27. The van der Waals surface area contributed by atoms with Gasteiger partial charge in [0.15, 0.2) is 5.82 Å². The van der Waals surface area contributed by atoms with Crippen LogP contribution in [0.3, 0.4) is 0 Å². The highest BCUT2D eigenvalue weighted by molar-refractivity contribution is 7.92. The van der Waals surface area contributed by atoms with Gasteiger partial charge in [0.2, 0.25) is 0 Å². The summed E-state index contributed by atoms with van der Waals surface area (Å²) >= 11 is 0. The van der Waals surface area contributed by atoms with Crippen molar-refractivity contribution < 1.29 is 22.4 Å². The molecule has 2 N–H and O–H groups in total. The normalized spacial score (nSPS) is 10.8. The molecule has 0 unspecified atom stereocenters. The molecular formula is C13H11FN2O4S. The molecule has 0 saturated heterocycles. The molecule has 1 aromatic heterocycles. The van der Waals surface area contributed by atoms with Gasteiger partial charge < -0.3 is 9.63 Å². The molecule has 0 aliphatic rings. The van der Waals surface area contributed by atoms with Crippen LogP contribution in [0.15, 0.2) is 33.7 Å². The quantitative estimate of drug-likeness (QED) is 0.833. The maximum absolute atomic E-state index is 13.9. The highest BCUT2D eigenvalue weighted by Crippen LogP contribution is 2.19. The van der Waals surface area contributed by atoms with Crippen molar-refractivity contribution in [1.29, 1.82) is 0 Å². The van der Waals surface area contributed by atoms with Crippen molar-refractivity contribution in [2.75, 3.05) is 11.3 Å². The van der Waals surface area contributed by atoms with Crippen molar-refractivity contribution in [1.82, 2.24) is 5.16 Å². The summed E-state index contributed by atoms with van der Waals surface area (Å²) in [5, 5.41) is 12.0. The summed E-state index contributed by atoms with van der Waals surface area (Å²) in [6, 6.07) is 4.78. The number of aliphatic hydroxyl groups is 1. The van der Waals surface area contributed by atoms with Crippen LogP contribution < -0.4 is 4.72 Å². The Morgan fingerprint density at radius 1 is 1.43 bits per heavy atom. The summed E-state index contributed by atoms with van der Waals surface area (Å²) in [7, 11) is -4.11. The molecule has 21 heavy (non-hydrogen) atoms. The zero-order valence-corrected chi connectivity index (χ0v) is 11.7. The van der Waals surface area contributed by atoms with Crippen LogP contribution in [0.5, 0.6) is 0 Å². The van der Waals surface area contributed by atoms with E-state index in [4.69, 9.17) is 9.63 Å². The van der Waals surface area contributed by atoms with E-state index in [0.29, 0.717) is 5.76 Å². The minimum absolute atomic E-state index is 0.0314. The van der Waals surface area contributed by atoms with E-state index >= 15 is 0 Å². The van der Waals surface area contributed by atoms with Crippen LogP contribution >= 0.6 is 0 Å². The zero-order valence-electron chi connectivity index (χ0n) is 10.9. The third-order valence-corrected chi connectivity index (χ3v) is 3.79. The summed E-state index contributed by atoms with van der Waals surface area (Å²) in [6.07, 6.45) is 0. The lowest BCUT2D eigenvalue weighted by Crippen LogP contribution is -2.14. The van der Waals surface area contributed by atoms with E-state index in [-0.39, 0.29) is 18.0 Å². The van der Waals surface area contributed by atoms with Crippen LogP contribution in [0.1, 0.15) is 11.3 Å². The minimum Gasteiger partial charge on any atom is -0.384 e. The zero-order chi connectivity index (χ0) is 15.5. The molecule has 6 nitrogen and oxygen atoms in total. The van der Waals surface area contributed by atoms with Gasteiger partial charge in [0.25, 0.3) is 10.0 Å². The molecule has 1 heterocycles. The first kappa shape index (κ1) is 15.0. The van der Waals surface area contributed by atoms with E-state index in [1.165, 1.54) is 12.1 Å². The monoisotopic (exact) mass is 310 g/mol. The van der Waals surface area contributed by atoms with Crippen LogP contribution in [0.2, 0.25) is 0 Å². The van der Waals surface area contributed by atoms with Gasteiger partial charge in [-0.3, -0.25) is 4.72 Å². The van der Waals surface area contributed by atoms with Gasteiger partial charge in [0.1, 0.15) is 23.1 Å². The minimum atomic E-state index is -4.11. The lowest BCUT2D eigenvalue weighted by Gasteiger charge is -2.06. The van der Waals surface area contributed by atoms with Crippen molar-refractivity contribution in [3.63, 3.8) is 0 Å². The predicted molar refractivity (Wildman–Crippen MR) is 72.4 cm³/mol. The number of aromatic nitrogens is 1. The summed E-state index contributed by atoms with van der Waals surface area (Å²) in [5.74, 6) is 4.26. The molecule has 2 aromatic rings. The highest BCUT2D eigenvalue weighted by atomic mass is 32.2. The Labute approximate surface area is 120 Å². The van der Waals surface area contributed by atoms with Gasteiger partial charge in [-0.1, -0.05) is 17.0 Å². The number of sulfonamides is 1. The second kappa shape index (κ2) is 5.95. The SMILES string of the molecule is Cc1cc(NS(=O)(=O)c2ccc(C#CCO)cc2F)no1. The largest absolute Gasteiger partial charge is 0.384 e. The Morgan fingerprint density at radius 2 is 2.19 bits per heavy atom. The molecule has 110 valence electrons. The van der Waals surface area contributed by atoms with E-state index in [2.05, 4.69) is 21.7 Å². The molecule has 0 amide bonds. The van der Waals surface area contributed by atoms with Crippen molar-refractivity contribution >= 4 is 15.8 Å². The van der Waals surface area contributed by atoms with Crippen molar-refractivity contribution in [2.45, 2.75) is 11.8 Å². The average Bonchev–Trinajstić information content (AvgIpc) is 2.80. The van der Waals surface area contributed by atoms with Gasteiger partial charge in [0.05, 0.1) is 0 Å². The third-order valence-electron chi connectivity index (χ3n) is 2.40. The number of benzene rings is 1. The van der Waals surface area contributed by atoms with Crippen LogP contribution in [0.4, 0.5) is 10.2 Å². The van der Waals surface area contributed by atoms with Gasteiger partial charge in [-0.15, -0.1) is 0 Å². The number of rotatable bonds is 3. The Balaban J connectivity index is 2.32. The number of hydrogen-bond acceptors (Lipinski definition) is 5. The topological polar surface area (TPSA) is 92.4 Å². The number of nitrogens with one attached hydrogen (secondary N) is 1. The number of halogens is 1. The van der Waals surface area contributed by atoms with E-state index in [0.717, 1.165) is 12.1 Å². The van der Waals surface area contributed by atoms with E-state index < -0.39 is 20.7 Å². The van der Waals surface area contributed by atoms with Crippen molar-refractivity contribution in [3.05, 3.63) is 41.4 Å². The van der Waals surface area contributed by atoms with Gasteiger partial charge in [-0.2, -0.15) is 0 Å². The van der Waals surface area contributed by atoms with Crippen LogP contribution in [-0.4, -0.2) is 25.3 Å². The molecule has 0 fully saturated rings. The summed E-state index contributed by atoms with van der Waals surface area (Å²) < 4.78 is 44.8. The number of nitrogens with zero attached hydrogens (tertiary/aromatic N) is 1. The maximum atomic E-state index is 13.9. The van der Waals surface area contributed by atoms with Crippen LogP contribution in [0, 0.1) is 24.6 Å². The Bertz CT molecular complexity index is 818. The van der Waals surface area contributed by atoms with Crippen molar-refractivity contribution in [3.8, 4) is 11.8 Å². The fourth-order valence-corrected chi connectivity index (χ4v) is 2.59. The Morgan fingerprint density at radius 3 is 2.76 bits per heavy atom. The Kier molecular flexibility index (Phi) is 4.26. The van der Waals surface area contributed by atoms with E-state index in [1.54, 1.807) is 6.92 Å². The Hall–Kier alpha value is -2.37. The maximum Gasteiger partial charge on any atom is 0.266 e. The smallest absolute Gasteiger partial charge is 0.266 e. The lowest BCUT2D eigenvalue weighted by atomic mass is 10.2. The van der Waals surface area contributed by atoms with Crippen LogP contribution in [-0.2, 0) is 10.0 Å². The number of anilines is 1. The summed E-state index contributed by atoms with van der Waals surface area (Å²) in [6.45, 7) is 1.23. The number of hydrogen-bond donors (Lipinski definition) is 2. The number of aryl methyl sites for hydroxylation is 1. The molecule has 0 radical (unpaired) electrons. The second-order valence-corrected chi connectivity index (χ2v) is 5.68. The van der Waals surface area contributed by atoms with E-state index in [9.17, 15) is 12.8 Å². The molecule has 0 spiro atoms. The molecule has 8 heteroatoms.